The number of piperidine rings is 1. The summed E-state index contributed by atoms with van der Waals surface area (Å²) in [6.07, 6.45) is 1.84. The second kappa shape index (κ2) is 21.0. The van der Waals surface area contributed by atoms with Crippen LogP contribution in [0.5, 0.6) is 0 Å². The molecule has 15 nitrogen and oxygen atoms in total. The van der Waals surface area contributed by atoms with Gasteiger partial charge in [-0.15, -0.1) is 0 Å². The number of amides is 3. The number of halogens is 4. The van der Waals surface area contributed by atoms with Gasteiger partial charge in [-0.25, -0.2) is 9.97 Å². The van der Waals surface area contributed by atoms with Crippen molar-refractivity contribution in [3.8, 4) is 11.3 Å². The summed E-state index contributed by atoms with van der Waals surface area (Å²) < 4.78 is 40.9. The molecule has 358 valence electrons. The predicted octanol–water partition coefficient (Wildman–Crippen LogP) is 6.02. The highest BCUT2D eigenvalue weighted by Crippen LogP contribution is 2.30. The van der Waals surface area contributed by atoms with Crippen molar-refractivity contribution in [3.63, 3.8) is 0 Å². The molecule has 68 heavy (non-hydrogen) atoms. The fourth-order valence-electron chi connectivity index (χ4n) is 8.89. The molecule has 2 fully saturated rings. The SMILES string of the molecule is CN1CCN(CCC(=O)Nc2ccc3c(=O)n(CC4(O)CCN(C(=O)[C@@H](CCCNC(=O)c5ccc6c(Cl)cc(-c7cnn(CC(F)(F)F)c7)nc6c5)Cc5ccccc5)CC4)cnc3c2)CC1. The minimum absolute atomic E-state index is 0.00715. The number of anilines is 1. The monoisotopic (exact) mass is 954 g/mol. The van der Waals surface area contributed by atoms with Crippen LogP contribution in [-0.2, 0) is 29.1 Å². The van der Waals surface area contributed by atoms with Crippen LogP contribution >= 0.6 is 11.6 Å². The lowest BCUT2D eigenvalue weighted by Crippen LogP contribution is -2.51. The number of likely N-dealkylation sites (tertiary alicyclic amines) is 1. The van der Waals surface area contributed by atoms with Gasteiger partial charge in [0, 0.05) is 93.1 Å². The molecule has 3 N–H and O–H groups in total. The van der Waals surface area contributed by atoms with Gasteiger partial charge >= 0.3 is 6.18 Å². The summed E-state index contributed by atoms with van der Waals surface area (Å²) in [4.78, 5) is 69.2. The van der Waals surface area contributed by atoms with E-state index in [9.17, 15) is 37.5 Å². The molecule has 2 aliphatic heterocycles. The summed E-state index contributed by atoms with van der Waals surface area (Å²) in [5, 5.41) is 22.6. The summed E-state index contributed by atoms with van der Waals surface area (Å²) in [7, 11) is 2.09. The van der Waals surface area contributed by atoms with Crippen molar-refractivity contribution >= 4 is 56.8 Å². The number of carbonyl (C=O) groups excluding carboxylic acids is 3. The third-order valence-electron chi connectivity index (χ3n) is 12.8. The second-order valence-electron chi connectivity index (χ2n) is 18.0. The van der Waals surface area contributed by atoms with Gasteiger partial charge in [0.15, 0.2) is 0 Å². The van der Waals surface area contributed by atoms with Crippen LogP contribution in [0.3, 0.4) is 0 Å². The van der Waals surface area contributed by atoms with E-state index in [-0.39, 0.29) is 49.2 Å². The van der Waals surface area contributed by atoms with Crippen LogP contribution in [-0.4, -0.2) is 133 Å². The Labute approximate surface area is 395 Å². The first-order valence-electron chi connectivity index (χ1n) is 22.8. The van der Waals surface area contributed by atoms with Crippen LogP contribution in [0.25, 0.3) is 33.1 Å². The van der Waals surface area contributed by atoms with Gasteiger partial charge in [0.05, 0.1) is 51.8 Å². The van der Waals surface area contributed by atoms with Gasteiger partial charge in [-0.2, -0.15) is 18.3 Å². The molecule has 6 aromatic rings. The number of nitrogens with zero attached hydrogens (tertiary/aromatic N) is 8. The van der Waals surface area contributed by atoms with E-state index in [0.717, 1.165) is 36.4 Å². The van der Waals surface area contributed by atoms with Gasteiger partial charge in [-0.3, -0.25) is 28.4 Å². The lowest BCUT2D eigenvalue weighted by atomic mass is 9.88. The minimum atomic E-state index is -4.44. The molecule has 0 spiro atoms. The Morgan fingerprint density at radius 3 is 2.43 bits per heavy atom. The van der Waals surface area contributed by atoms with Crippen LogP contribution in [0.4, 0.5) is 18.9 Å². The molecule has 1 atom stereocenters. The van der Waals surface area contributed by atoms with Gasteiger partial charge < -0.3 is 30.4 Å². The quantitative estimate of drug-likeness (QED) is 0.0976. The number of benzene rings is 3. The Bertz CT molecular complexity index is 2820. The van der Waals surface area contributed by atoms with E-state index in [1.54, 1.807) is 47.4 Å². The standard InChI is InChI=1S/C49H54ClF3N10O5/c1-59-20-22-60(23-21-59)17-13-44(64)57-37-10-12-39-42(26-37)55-32-62(47(39)67)30-48(68)14-18-61(19-15-48)46(66)35(24-33-6-3-2-4-7-33)8-5-16-54-45(65)34-9-11-38-40(50)27-41(58-43(38)25-34)36-28-56-63(29-36)31-49(51,52)53/h2-4,6-7,9-12,25-29,32,35,68H,5,8,13-24,30-31H2,1H3,(H,54,65)(H,57,64)/t35-/m0/s1. The van der Waals surface area contributed by atoms with Crippen LogP contribution < -0.4 is 16.2 Å². The Morgan fingerprint density at radius 1 is 0.926 bits per heavy atom. The number of hydrogen-bond acceptors (Lipinski definition) is 10. The first kappa shape index (κ1) is 48.3. The molecule has 3 aromatic heterocycles. The van der Waals surface area contributed by atoms with Crippen molar-refractivity contribution in [1.29, 1.82) is 0 Å². The zero-order valence-electron chi connectivity index (χ0n) is 37.7. The van der Waals surface area contributed by atoms with E-state index >= 15 is 0 Å². The molecule has 19 heteroatoms. The zero-order chi connectivity index (χ0) is 48.0. The molecule has 3 aromatic carbocycles. The number of nitrogens with one attached hydrogen (secondary N) is 2. The lowest BCUT2D eigenvalue weighted by Gasteiger charge is -2.39. The van der Waals surface area contributed by atoms with Gasteiger partial charge in [0.2, 0.25) is 11.8 Å². The van der Waals surface area contributed by atoms with Crippen LogP contribution in [0, 0.1) is 5.92 Å². The summed E-state index contributed by atoms with van der Waals surface area (Å²) >= 11 is 6.52. The molecule has 3 amide bonds. The number of pyridine rings is 1. The molecule has 2 saturated heterocycles. The van der Waals surface area contributed by atoms with Crippen molar-refractivity contribution in [2.75, 3.05) is 64.7 Å². The van der Waals surface area contributed by atoms with Crippen molar-refractivity contribution in [3.05, 3.63) is 118 Å². The molecular formula is C49H54ClF3N10O5. The van der Waals surface area contributed by atoms with E-state index in [0.29, 0.717) is 94.7 Å². The fraction of sp³-hybridized carbons (Fsp3) is 0.408. The average Bonchev–Trinajstić information content (AvgIpc) is 3.78. The summed E-state index contributed by atoms with van der Waals surface area (Å²) in [6.45, 7) is 4.13. The second-order valence-corrected chi connectivity index (χ2v) is 18.4. The zero-order valence-corrected chi connectivity index (χ0v) is 38.5. The topological polar surface area (TPSA) is 171 Å². The number of alkyl halides is 3. The molecular weight excluding hydrogens is 901 g/mol. The number of piperazine rings is 1. The molecule has 0 aliphatic carbocycles. The predicted molar refractivity (Wildman–Crippen MR) is 253 cm³/mol. The Kier molecular flexibility index (Phi) is 14.9. The number of likely N-dealkylation sites (N-methyl/N-ethyl adjacent to an activating group) is 1. The minimum Gasteiger partial charge on any atom is -0.388 e. The number of carbonyl (C=O) groups is 3. The highest BCUT2D eigenvalue weighted by atomic mass is 35.5. The maximum Gasteiger partial charge on any atom is 0.408 e. The van der Waals surface area contributed by atoms with E-state index in [4.69, 9.17) is 11.6 Å². The van der Waals surface area contributed by atoms with Crippen LogP contribution in [0.15, 0.2) is 96.3 Å². The van der Waals surface area contributed by atoms with Crippen LogP contribution in [0.2, 0.25) is 5.02 Å². The van der Waals surface area contributed by atoms with Gasteiger partial charge in [-0.1, -0.05) is 48.0 Å². The van der Waals surface area contributed by atoms with Crippen molar-refractivity contribution < 1.29 is 32.7 Å². The van der Waals surface area contributed by atoms with Crippen molar-refractivity contribution in [2.45, 2.75) is 63.4 Å². The van der Waals surface area contributed by atoms with E-state index in [2.05, 4.69) is 42.5 Å². The molecule has 0 bridgehead atoms. The Morgan fingerprint density at radius 2 is 1.68 bits per heavy atom. The molecule has 0 saturated carbocycles. The van der Waals surface area contributed by atoms with Crippen molar-refractivity contribution in [2.24, 2.45) is 5.92 Å². The van der Waals surface area contributed by atoms with Crippen molar-refractivity contribution in [1.82, 2.24) is 44.3 Å². The van der Waals surface area contributed by atoms with Gasteiger partial charge in [0.25, 0.3) is 11.5 Å². The first-order chi connectivity index (χ1) is 32.6. The summed E-state index contributed by atoms with van der Waals surface area (Å²) in [5.41, 5.74) is 1.78. The van der Waals surface area contributed by atoms with Gasteiger partial charge in [-0.05, 0) is 81.1 Å². The highest BCUT2D eigenvalue weighted by Gasteiger charge is 2.37. The highest BCUT2D eigenvalue weighted by molar-refractivity contribution is 6.35. The number of rotatable bonds is 16. The first-order valence-corrected chi connectivity index (χ1v) is 23.2. The molecule has 8 rings (SSSR count). The third kappa shape index (κ3) is 12.3. The Hall–Kier alpha value is -6.21. The van der Waals surface area contributed by atoms with E-state index < -0.39 is 24.2 Å². The summed E-state index contributed by atoms with van der Waals surface area (Å²) in [5.74, 6) is -0.921. The largest absolute Gasteiger partial charge is 0.408 e. The molecule has 2 aliphatic rings. The normalized spacial score (nSPS) is 16.2. The fourth-order valence-corrected chi connectivity index (χ4v) is 9.15. The maximum atomic E-state index is 14.2. The number of fused-ring (bicyclic) bond motifs is 2. The van der Waals surface area contributed by atoms with Crippen LogP contribution in [0.1, 0.15) is 48.0 Å². The molecule has 0 radical (unpaired) electrons. The number of hydrogen-bond donors (Lipinski definition) is 3. The number of aromatic nitrogens is 5. The van der Waals surface area contributed by atoms with E-state index in [1.165, 1.54) is 23.3 Å². The third-order valence-corrected chi connectivity index (χ3v) is 13.1. The van der Waals surface area contributed by atoms with E-state index in [1.807, 2.05) is 30.3 Å². The summed E-state index contributed by atoms with van der Waals surface area (Å²) in [6, 6.07) is 21.1. The molecule has 5 heterocycles. The molecule has 0 unspecified atom stereocenters. The average molecular weight is 955 g/mol. The smallest absolute Gasteiger partial charge is 0.388 e. The van der Waals surface area contributed by atoms with Gasteiger partial charge in [0.1, 0.15) is 6.54 Å². The maximum absolute atomic E-state index is 14.2. The lowest BCUT2D eigenvalue weighted by molar-refractivity contribution is -0.143. The number of aliphatic hydroxyl groups is 1. The Balaban J connectivity index is 0.848.